The first kappa shape index (κ1) is 17.6. The summed E-state index contributed by atoms with van der Waals surface area (Å²) in [5, 5.41) is 0. The molecule has 2 fully saturated rings. The van der Waals surface area contributed by atoms with Crippen LogP contribution in [-0.2, 0) is 9.53 Å². The van der Waals surface area contributed by atoms with E-state index in [0.717, 1.165) is 6.42 Å². The van der Waals surface area contributed by atoms with Gasteiger partial charge in [-0.3, -0.25) is 0 Å². The van der Waals surface area contributed by atoms with E-state index in [-0.39, 0.29) is 17.0 Å². The second-order valence-corrected chi connectivity index (χ2v) is 8.62. The highest BCUT2D eigenvalue weighted by molar-refractivity contribution is 5.87. The molecule has 0 heterocycles. The largest absolute Gasteiger partial charge is 0.455 e. The Labute approximate surface area is 136 Å². The van der Waals surface area contributed by atoms with Crippen molar-refractivity contribution in [2.24, 2.45) is 17.3 Å². The molecule has 0 aromatic rings. The van der Waals surface area contributed by atoms with Gasteiger partial charge in [-0.1, -0.05) is 53.0 Å². The number of rotatable bonds is 3. The molecule has 0 radical (unpaired) electrons. The van der Waals surface area contributed by atoms with Crippen molar-refractivity contribution >= 4 is 5.97 Å². The summed E-state index contributed by atoms with van der Waals surface area (Å²) in [6, 6.07) is 0. The normalized spacial score (nSPS) is 30.8. The molecule has 0 aromatic carbocycles. The smallest absolute Gasteiger partial charge is 0.333 e. The molecule has 0 aliphatic heterocycles. The molecule has 0 bridgehead atoms. The van der Waals surface area contributed by atoms with Gasteiger partial charge < -0.3 is 4.74 Å². The van der Waals surface area contributed by atoms with Gasteiger partial charge in [0, 0.05) is 11.5 Å². The summed E-state index contributed by atoms with van der Waals surface area (Å²) in [5.41, 5.74) is 0.452. The molecule has 126 valence electrons. The van der Waals surface area contributed by atoms with Crippen LogP contribution in [0.1, 0.15) is 85.5 Å². The lowest BCUT2D eigenvalue weighted by atomic mass is 9.57. The van der Waals surface area contributed by atoms with E-state index in [1.807, 2.05) is 0 Å². The second kappa shape index (κ2) is 6.76. The van der Waals surface area contributed by atoms with Crippen LogP contribution < -0.4 is 0 Å². The van der Waals surface area contributed by atoms with E-state index in [0.29, 0.717) is 17.4 Å². The van der Waals surface area contributed by atoms with Crippen LogP contribution in [-0.4, -0.2) is 11.6 Å². The minimum Gasteiger partial charge on any atom is -0.455 e. The third-order valence-corrected chi connectivity index (χ3v) is 5.87. The Hall–Kier alpha value is -0.790. The lowest BCUT2D eigenvalue weighted by molar-refractivity contribution is -0.190. The Bertz CT molecular complexity index is 412. The highest BCUT2D eigenvalue weighted by atomic mass is 16.6. The van der Waals surface area contributed by atoms with Gasteiger partial charge >= 0.3 is 5.97 Å². The fourth-order valence-corrected chi connectivity index (χ4v) is 4.88. The molecule has 0 aromatic heterocycles. The summed E-state index contributed by atoms with van der Waals surface area (Å²) in [5.74, 6) is 0.816. The maximum Gasteiger partial charge on any atom is 0.333 e. The van der Waals surface area contributed by atoms with Gasteiger partial charge in [0.2, 0.25) is 0 Å². The van der Waals surface area contributed by atoms with Gasteiger partial charge in [0.15, 0.2) is 0 Å². The first-order chi connectivity index (χ1) is 10.3. The van der Waals surface area contributed by atoms with Gasteiger partial charge in [-0.25, -0.2) is 4.79 Å². The van der Waals surface area contributed by atoms with Crippen molar-refractivity contribution in [3.63, 3.8) is 0 Å². The van der Waals surface area contributed by atoms with Crippen LogP contribution in [0.15, 0.2) is 12.2 Å². The number of ether oxygens (including phenoxy) is 1. The number of esters is 1. The average Bonchev–Trinajstić information content (AvgIpc) is 2.47. The molecule has 2 aliphatic rings. The van der Waals surface area contributed by atoms with E-state index in [9.17, 15) is 4.79 Å². The summed E-state index contributed by atoms with van der Waals surface area (Å²) in [4.78, 5) is 12.4. The van der Waals surface area contributed by atoms with E-state index < -0.39 is 0 Å². The fourth-order valence-electron chi connectivity index (χ4n) is 4.88. The van der Waals surface area contributed by atoms with E-state index in [2.05, 4.69) is 27.4 Å². The minimum absolute atomic E-state index is 0.174. The number of hydrogen-bond acceptors (Lipinski definition) is 2. The zero-order valence-electron chi connectivity index (χ0n) is 15.0. The van der Waals surface area contributed by atoms with Crippen LogP contribution in [0.4, 0.5) is 0 Å². The first-order valence-corrected chi connectivity index (χ1v) is 9.16. The minimum atomic E-state index is -0.257. The maximum absolute atomic E-state index is 12.4. The number of hydrogen-bond donors (Lipinski definition) is 0. The van der Waals surface area contributed by atoms with Gasteiger partial charge in [0.1, 0.15) is 5.60 Å². The Balaban J connectivity index is 2.37. The van der Waals surface area contributed by atoms with Crippen LogP contribution in [0.25, 0.3) is 0 Å². The quantitative estimate of drug-likeness (QED) is 0.496. The topological polar surface area (TPSA) is 26.3 Å². The molecule has 2 nitrogen and oxygen atoms in total. The molecule has 2 unspecified atom stereocenters. The van der Waals surface area contributed by atoms with Crippen molar-refractivity contribution in [2.75, 3.05) is 0 Å². The van der Waals surface area contributed by atoms with Crippen LogP contribution in [0, 0.1) is 17.3 Å². The van der Waals surface area contributed by atoms with Gasteiger partial charge in [-0.2, -0.15) is 0 Å². The summed E-state index contributed by atoms with van der Waals surface area (Å²) in [7, 11) is 0. The van der Waals surface area contributed by atoms with E-state index in [4.69, 9.17) is 4.74 Å². The summed E-state index contributed by atoms with van der Waals surface area (Å²) < 4.78 is 6.28. The third kappa shape index (κ3) is 3.58. The predicted molar refractivity (Wildman–Crippen MR) is 91.6 cm³/mol. The average molecular weight is 306 g/mol. The monoisotopic (exact) mass is 306 g/mol. The van der Waals surface area contributed by atoms with Gasteiger partial charge in [0.25, 0.3) is 0 Å². The van der Waals surface area contributed by atoms with E-state index in [1.165, 1.54) is 51.4 Å². The molecule has 22 heavy (non-hydrogen) atoms. The Morgan fingerprint density at radius 1 is 1.05 bits per heavy atom. The third-order valence-electron chi connectivity index (χ3n) is 5.87. The molecule has 0 N–H and O–H groups in total. The van der Waals surface area contributed by atoms with Crippen molar-refractivity contribution in [1.82, 2.24) is 0 Å². The molecule has 2 atom stereocenters. The Morgan fingerprint density at radius 3 is 2.18 bits per heavy atom. The van der Waals surface area contributed by atoms with Crippen molar-refractivity contribution in [3.05, 3.63) is 12.2 Å². The molecule has 0 spiro atoms. The molecule has 0 amide bonds. The summed E-state index contributed by atoms with van der Waals surface area (Å²) >= 11 is 0. The molecule has 0 saturated heterocycles. The highest BCUT2D eigenvalue weighted by Gasteiger charge is 2.53. The molecular formula is C20H34O2. The highest BCUT2D eigenvalue weighted by Crippen LogP contribution is 2.53. The van der Waals surface area contributed by atoms with Crippen molar-refractivity contribution in [3.8, 4) is 0 Å². The molecule has 2 rings (SSSR count). The number of carbonyl (C=O) groups excluding carboxylic acids is 1. The van der Waals surface area contributed by atoms with Crippen molar-refractivity contribution in [1.29, 1.82) is 0 Å². The Morgan fingerprint density at radius 2 is 1.64 bits per heavy atom. The SMILES string of the molecule is C=C(C)C(=O)OC1(C2CCCCC2)CCCCC1C(C)(C)C. The van der Waals surface area contributed by atoms with Crippen molar-refractivity contribution in [2.45, 2.75) is 91.1 Å². The summed E-state index contributed by atoms with van der Waals surface area (Å²) in [6.45, 7) is 12.5. The predicted octanol–water partition coefficient (Wildman–Crippen LogP) is 5.66. The van der Waals surface area contributed by atoms with Crippen LogP contribution >= 0.6 is 0 Å². The fraction of sp³-hybridized carbons (Fsp3) is 0.850. The Kier molecular flexibility index (Phi) is 5.40. The lowest BCUT2D eigenvalue weighted by Gasteiger charge is -2.54. The zero-order valence-corrected chi connectivity index (χ0v) is 15.0. The van der Waals surface area contributed by atoms with Gasteiger partial charge in [-0.05, 0) is 50.4 Å². The van der Waals surface area contributed by atoms with Gasteiger partial charge in [-0.15, -0.1) is 0 Å². The molecule has 2 saturated carbocycles. The number of carbonyl (C=O) groups is 1. The van der Waals surface area contributed by atoms with E-state index in [1.54, 1.807) is 6.92 Å². The van der Waals surface area contributed by atoms with E-state index >= 15 is 0 Å². The summed E-state index contributed by atoms with van der Waals surface area (Å²) in [6.07, 6.45) is 11.0. The van der Waals surface area contributed by atoms with Crippen LogP contribution in [0.2, 0.25) is 0 Å². The van der Waals surface area contributed by atoms with Crippen LogP contribution in [0.3, 0.4) is 0 Å². The van der Waals surface area contributed by atoms with Crippen molar-refractivity contribution < 1.29 is 9.53 Å². The first-order valence-electron chi connectivity index (χ1n) is 9.16. The van der Waals surface area contributed by atoms with Gasteiger partial charge in [0.05, 0.1) is 0 Å². The van der Waals surface area contributed by atoms with Crippen LogP contribution in [0.5, 0.6) is 0 Å². The zero-order chi connectivity index (χ0) is 16.4. The molecular weight excluding hydrogens is 272 g/mol. The molecule has 2 heteroatoms. The lowest BCUT2D eigenvalue weighted by Crippen LogP contribution is -2.55. The standard InChI is InChI=1S/C20H34O2/c1-15(2)18(21)22-20(16-11-7-6-8-12-16)14-10-9-13-17(20)19(3,4)5/h16-17H,1,6-14H2,2-5H3. The molecule has 2 aliphatic carbocycles. The second-order valence-electron chi connectivity index (χ2n) is 8.62. The maximum atomic E-state index is 12.4.